The van der Waals surface area contributed by atoms with Gasteiger partial charge >= 0.3 is 0 Å². The van der Waals surface area contributed by atoms with Gasteiger partial charge in [-0.1, -0.05) is 6.07 Å². The molecule has 0 bridgehead atoms. The molecule has 0 spiro atoms. The van der Waals surface area contributed by atoms with E-state index in [2.05, 4.69) is 0 Å². The minimum atomic E-state index is -0.862. The van der Waals surface area contributed by atoms with Crippen LogP contribution in [0.1, 0.15) is 38.2 Å². The second-order valence-corrected chi connectivity index (χ2v) is 5.78. The Morgan fingerprint density at radius 1 is 1.33 bits per heavy atom. The maximum Gasteiger partial charge on any atom is 0.230 e. The van der Waals surface area contributed by atoms with Crippen LogP contribution in [0.4, 0.5) is 8.78 Å². The maximum atomic E-state index is 13.8. The van der Waals surface area contributed by atoms with Gasteiger partial charge in [0.15, 0.2) is 0 Å². The summed E-state index contributed by atoms with van der Waals surface area (Å²) in [6.45, 7) is 4.24. The summed E-state index contributed by atoms with van der Waals surface area (Å²) in [5.74, 6) is -2.51. The first-order valence-corrected chi connectivity index (χ1v) is 7.32. The largest absolute Gasteiger partial charge is 0.393 e. The Labute approximate surface area is 123 Å². The number of halogens is 2. The summed E-state index contributed by atoms with van der Waals surface area (Å²) in [6, 6.07) is 3.61. The van der Waals surface area contributed by atoms with Crippen molar-refractivity contribution in [2.24, 2.45) is 5.92 Å². The number of amides is 1. The monoisotopic (exact) mass is 297 g/mol. The topological polar surface area (TPSA) is 40.5 Å². The van der Waals surface area contributed by atoms with Gasteiger partial charge in [-0.25, -0.2) is 8.78 Å². The smallest absolute Gasteiger partial charge is 0.230 e. The zero-order valence-corrected chi connectivity index (χ0v) is 12.4. The SMILES string of the molecule is CC(C(=O)N1CCCC(C(C)O)C1)c1c(F)cccc1F. The van der Waals surface area contributed by atoms with Crippen molar-refractivity contribution in [2.45, 2.75) is 38.7 Å². The molecule has 1 aromatic rings. The average molecular weight is 297 g/mol. The molecule has 3 unspecified atom stereocenters. The molecule has 21 heavy (non-hydrogen) atoms. The van der Waals surface area contributed by atoms with Crippen molar-refractivity contribution in [1.29, 1.82) is 0 Å². The minimum Gasteiger partial charge on any atom is -0.393 e. The Morgan fingerprint density at radius 3 is 2.52 bits per heavy atom. The standard InChI is InChI=1S/C16H21F2NO2/c1-10(15-13(17)6-3-7-14(15)18)16(21)19-8-4-5-12(9-19)11(2)20/h3,6-7,10-12,20H,4-5,8-9H2,1-2H3. The van der Waals surface area contributed by atoms with E-state index in [1.54, 1.807) is 11.8 Å². The van der Waals surface area contributed by atoms with Gasteiger partial charge in [-0.2, -0.15) is 0 Å². The summed E-state index contributed by atoms with van der Waals surface area (Å²) >= 11 is 0. The van der Waals surface area contributed by atoms with Crippen molar-refractivity contribution in [3.8, 4) is 0 Å². The van der Waals surface area contributed by atoms with Crippen LogP contribution in [0.2, 0.25) is 0 Å². The van der Waals surface area contributed by atoms with Gasteiger partial charge in [0.25, 0.3) is 0 Å². The Balaban J connectivity index is 2.16. The molecule has 5 heteroatoms. The number of piperidine rings is 1. The number of nitrogens with zero attached hydrogens (tertiary/aromatic N) is 1. The van der Waals surface area contributed by atoms with Crippen LogP contribution in [-0.2, 0) is 4.79 Å². The maximum absolute atomic E-state index is 13.8. The Hall–Kier alpha value is -1.49. The normalized spacial score (nSPS) is 22.0. The summed E-state index contributed by atoms with van der Waals surface area (Å²) in [4.78, 5) is 14.1. The number of hydrogen-bond acceptors (Lipinski definition) is 2. The molecule has 1 aromatic carbocycles. The van der Waals surface area contributed by atoms with Crippen LogP contribution in [0, 0.1) is 17.6 Å². The molecule has 1 aliphatic rings. The minimum absolute atomic E-state index is 0.0281. The molecule has 1 aliphatic heterocycles. The third kappa shape index (κ3) is 3.40. The highest BCUT2D eigenvalue weighted by molar-refractivity contribution is 5.83. The quantitative estimate of drug-likeness (QED) is 0.932. The molecule has 1 amide bonds. The Bertz CT molecular complexity index is 499. The summed E-state index contributed by atoms with van der Waals surface area (Å²) < 4.78 is 27.6. The Morgan fingerprint density at radius 2 is 1.95 bits per heavy atom. The van der Waals surface area contributed by atoms with Crippen LogP contribution >= 0.6 is 0 Å². The van der Waals surface area contributed by atoms with Gasteiger partial charge in [0, 0.05) is 24.6 Å². The van der Waals surface area contributed by atoms with Crippen LogP contribution in [-0.4, -0.2) is 35.1 Å². The van der Waals surface area contributed by atoms with E-state index >= 15 is 0 Å². The first-order chi connectivity index (χ1) is 9.91. The number of aliphatic hydroxyl groups is 1. The fraction of sp³-hybridized carbons (Fsp3) is 0.562. The number of hydrogen-bond donors (Lipinski definition) is 1. The van der Waals surface area contributed by atoms with E-state index in [1.165, 1.54) is 13.0 Å². The van der Waals surface area contributed by atoms with Gasteiger partial charge in [-0.3, -0.25) is 4.79 Å². The molecule has 0 saturated carbocycles. The second kappa shape index (κ2) is 6.52. The highest BCUT2D eigenvalue weighted by atomic mass is 19.1. The van der Waals surface area contributed by atoms with E-state index in [0.717, 1.165) is 25.0 Å². The van der Waals surface area contributed by atoms with E-state index in [0.29, 0.717) is 13.1 Å². The van der Waals surface area contributed by atoms with E-state index in [4.69, 9.17) is 0 Å². The molecular weight excluding hydrogens is 276 g/mol. The van der Waals surface area contributed by atoms with Crippen molar-refractivity contribution < 1.29 is 18.7 Å². The van der Waals surface area contributed by atoms with Crippen molar-refractivity contribution in [2.75, 3.05) is 13.1 Å². The molecule has 1 fully saturated rings. The van der Waals surface area contributed by atoms with Gasteiger partial charge in [0.1, 0.15) is 11.6 Å². The highest BCUT2D eigenvalue weighted by Crippen LogP contribution is 2.27. The molecule has 0 aromatic heterocycles. The van der Waals surface area contributed by atoms with Gasteiger partial charge in [-0.05, 0) is 38.8 Å². The number of benzene rings is 1. The lowest BCUT2D eigenvalue weighted by atomic mass is 9.91. The molecule has 0 aliphatic carbocycles. The molecule has 1 N–H and O–H groups in total. The fourth-order valence-corrected chi connectivity index (χ4v) is 2.93. The number of aliphatic hydroxyl groups excluding tert-OH is 1. The lowest BCUT2D eigenvalue weighted by molar-refractivity contribution is -0.135. The van der Waals surface area contributed by atoms with E-state index in [1.807, 2.05) is 0 Å². The lowest BCUT2D eigenvalue weighted by Gasteiger charge is -2.35. The first kappa shape index (κ1) is 15.9. The predicted octanol–water partition coefficient (Wildman–Crippen LogP) is 2.69. The van der Waals surface area contributed by atoms with Crippen molar-refractivity contribution in [1.82, 2.24) is 4.90 Å². The number of rotatable bonds is 3. The molecule has 1 heterocycles. The van der Waals surface area contributed by atoms with Crippen LogP contribution in [0.25, 0.3) is 0 Å². The van der Waals surface area contributed by atoms with Crippen LogP contribution < -0.4 is 0 Å². The molecular formula is C16H21F2NO2. The van der Waals surface area contributed by atoms with Crippen molar-refractivity contribution in [3.05, 3.63) is 35.4 Å². The number of carbonyl (C=O) groups is 1. The number of carbonyl (C=O) groups excluding carboxylic acids is 1. The summed E-state index contributed by atoms with van der Waals surface area (Å²) in [6.07, 6.45) is 1.18. The van der Waals surface area contributed by atoms with E-state index in [-0.39, 0.29) is 17.4 Å². The molecule has 3 atom stereocenters. The zero-order chi connectivity index (χ0) is 15.6. The average Bonchev–Trinajstić information content (AvgIpc) is 2.46. The van der Waals surface area contributed by atoms with Crippen LogP contribution in [0.15, 0.2) is 18.2 Å². The van der Waals surface area contributed by atoms with Crippen LogP contribution in [0.5, 0.6) is 0 Å². The molecule has 3 nitrogen and oxygen atoms in total. The predicted molar refractivity (Wildman–Crippen MR) is 75.8 cm³/mol. The summed E-state index contributed by atoms with van der Waals surface area (Å²) in [5, 5.41) is 9.66. The zero-order valence-electron chi connectivity index (χ0n) is 12.4. The Kier molecular flexibility index (Phi) is 4.93. The van der Waals surface area contributed by atoms with E-state index in [9.17, 15) is 18.7 Å². The highest BCUT2D eigenvalue weighted by Gasteiger charge is 2.31. The van der Waals surface area contributed by atoms with E-state index < -0.39 is 23.7 Å². The third-order valence-electron chi connectivity index (χ3n) is 4.25. The molecule has 2 rings (SSSR count). The summed E-state index contributed by atoms with van der Waals surface area (Å²) in [5.41, 5.74) is -0.179. The third-order valence-corrected chi connectivity index (χ3v) is 4.25. The van der Waals surface area contributed by atoms with Crippen molar-refractivity contribution in [3.63, 3.8) is 0 Å². The molecule has 0 radical (unpaired) electrons. The van der Waals surface area contributed by atoms with Crippen molar-refractivity contribution >= 4 is 5.91 Å². The summed E-state index contributed by atoms with van der Waals surface area (Å²) in [7, 11) is 0. The second-order valence-electron chi connectivity index (χ2n) is 5.78. The molecule has 116 valence electrons. The fourth-order valence-electron chi connectivity index (χ4n) is 2.93. The van der Waals surface area contributed by atoms with Gasteiger partial charge in [0.2, 0.25) is 5.91 Å². The van der Waals surface area contributed by atoms with Crippen LogP contribution in [0.3, 0.4) is 0 Å². The molecule has 1 saturated heterocycles. The first-order valence-electron chi connectivity index (χ1n) is 7.32. The van der Waals surface area contributed by atoms with Gasteiger partial charge in [-0.15, -0.1) is 0 Å². The van der Waals surface area contributed by atoms with Gasteiger partial charge in [0.05, 0.1) is 12.0 Å². The number of likely N-dealkylation sites (tertiary alicyclic amines) is 1. The van der Waals surface area contributed by atoms with Gasteiger partial charge < -0.3 is 10.0 Å². The lowest BCUT2D eigenvalue weighted by Crippen LogP contribution is -2.44.